The molecule has 2 aromatic rings. The second kappa shape index (κ2) is 3.81. The van der Waals surface area contributed by atoms with E-state index in [0.29, 0.717) is 23.5 Å². The molecule has 1 heterocycles. The SMILES string of the molecule is CC1(C)C(Cn2nnc3cccc(C(=O)O)c32)C1(C)C. The number of rotatable bonds is 3. The number of hydrogen-bond donors (Lipinski definition) is 1. The number of benzene rings is 1. The number of hydrogen-bond acceptors (Lipinski definition) is 3. The standard InChI is InChI=1S/C15H19N3O2/c1-14(2)11(15(14,3)4)8-18-12-9(13(19)20)6-5-7-10(12)16-17-18/h5-7,11H,8H2,1-4H3,(H,19,20). The highest BCUT2D eigenvalue weighted by Crippen LogP contribution is 2.68. The number of nitrogens with zero attached hydrogens (tertiary/aromatic N) is 3. The van der Waals surface area contributed by atoms with Crippen molar-refractivity contribution in [1.82, 2.24) is 15.0 Å². The van der Waals surface area contributed by atoms with E-state index in [-0.39, 0.29) is 16.4 Å². The number of aromatic nitrogens is 3. The van der Waals surface area contributed by atoms with Gasteiger partial charge < -0.3 is 5.11 Å². The fraction of sp³-hybridized carbons (Fsp3) is 0.533. The van der Waals surface area contributed by atoms with Gasteiger partial charge in [0.1, 0.15) is 11.0 Å². The minimum absolute atomic E-state index is 0.240. The van der Waals surface area contributed by atoms with E-state index in [4.69, 9.17) is 0 Å². The molecule has 1 aliphatic rings. The van der Waals surface area contributed by atoms with Crippen molar-refractivity contribution in [2.45, 2.75) is 34.2 Å². The quantitative estimate of drug-likeness (QED) is 0.933. The van der Waals surface area contributed by atoms with Gasteiger partial charge in [-0.3, -0.25) is 0 Å². The molecule has 0 radical (unpaired) electrons. The lowest BCUT2D eigenvalue weighted by Crippen LogP contribution is -2.09. The van der Waals surface area contributed by atoms with E-state index in [1.807, 2.05) is 0 Å². The third kappa shape index (κ3) is 1.58. The molecule has 106 valence electrons. The van der Waals surface area contributed by atoms with E-state index in [0.717, 1.165) is 0 Å². The van der Waals surface area contributed by atoms with E-state index in [1.165, 1.54) is 0 Å². The molecule has 0 bridgehead atoms. The van der Waals surface area contributed by atoms with Crippen molar-refractivity contribution in [2.75, 3.05) is 0 Å². The molecular formula is C15H19N3O2. The van der Waals surface area contributed by atoms with Crippen molar-refractivity contribution in [1.29, 1.82) is 0 Å². The summed E-state index contributed by atoms with van der Waals surface area (Å²) in [5.74, 6) is -0.463. The molecule has 5 nitrogen and oxygen atoms in total. The Hall–Kier alpha value is -1.91. The molecule has 5 heteroatoms. The van der Waals surface area contributed by atoms with Crippen LogP contribution in [0.2, 0.25) is 0 Å². The Morgan fingerprint density at radius 2 is 1.95 bits per heavy atom. The Morgan fingerprint density at radius 3 is 2.50 bits per heavy atom. The molecule has 1 N–H and O–H groups in total. The zero-order chi connectivity index (χ0) is 14.7. The molecule has 20 heavy (non-hydrogen) atoms. The zero-order valence-electron chi connectivity index (χ0n) is 12.2. The van der Waals surface area contributed by atoms with Crippen LogP contribution in [0, 0.1) is 16.7 Å². The maximum Gasteiger partial charge on any atom is 0.337 e. The van der Waals surface area contributed by atoms with Crippen molar-refractivity contribution in [2.24, 2.45) is 16.7 Å². The predicted octanol–water partition coefficient (Wildman–Crippen LogP) is 2.81. The van der Waals surface area contributed by atoms with Crippen LogP contribution in [0.1, 0.15) is 38.1 Å². The Morgan fingerprint density at radius 1 is 1.30 bits per heavy atom. The van der Waals surface area contributed by atoms with E-state index < -0.39 is 5.97 Å². The molecule has 1 fully saturated rings. The van der Waals surface area contributed by atoms with Crippen molar-refractivity contribution in [3.05, 3.63) is 23.8 Å². The van der Waals surface area contributed by atoms with E-state index in [1.54, 1.807) is 22.9 Å². The maximum absolute atomic E-state index is 11.4. The summed E-state index contributed by atoms with van der Waals surface area (Å²) in [6, 6.07) is 5.11. The number of aromatic carboxylic acids is 1. The Kier molecular flexibility index (Phi) is 2.49. The second-order valence-electron chi connectivity index (χ2n) is 6.75. The van der Waals surface area contributed by atoms with Crippen LogP contribution in [0.25, 0.3) is 11.0 Å². The monoisotopic (exact) mass is 273 g/mol. The van der Waals surface area contributed by atoms with Gasteiger partial charge in [0.05, 0.1) is 5.56 Å². The van der Waals surface area contributed by atoms with Gasteiger partial charge in [0.25, 0.3) is 0 Å². The first-order chi connectivity index (χ1) is 9.26. The molecule has 0 atom stereocenters. The van der Waals surface area contributed by atoms with Crippen molar-refractivity contribution in [3.63, 3.8) is 0 Å². The van der Waals surface area contributed by atoms with Gasteiger partial charge in [0.15, 0.2) is 0 Å². The van der Waals surface area contributed by atoms with Crippen LogP contribution in [0.5, 0.6) is 0 Å². The summed E-state index contributed by atoms with van der Waals surface area (Å²) >= 11 is 0. The van der Waals surface area contributed by atoms with Crippen LogP contribution in [-0.2, 0) is 6.54 Å². The Bertz CT molecular complexity index is 686. The highest BCUT2D eigenvalue weighted by molar-refractivity contribution is 6.00. The fourth-order valence-corrected chi connectivity index (χ4v) is 3.29. The molecule has 0 amide bonds. The summed E-state index contributed by atoms with van der Waals surface area (Å²) in [6.07, 6.45) is 0. The summed E-state index contributed by atoms with van der Waals surface area (Å²) in [7, 11) is 0. The smallest absolute Gasteiger partial charge is 0.337 e. The third-order valence-electron chi connectivity index (χ3n) is 5.44. The second-order valence-corrected chi connectivity index (χ2v) is 6.75. The minimum atomic E-state index is -0.937. The van der Waals surface area contributed by atoms with Gasteiger partial charge in [-0.15, -0.1) is 5.10 Å². The van der Waals surface area contributed by atoms with E-state index in [2.05, 4.69) is 38.0 Å². The van der Waals surface area contributed by atoms with Crippen molar-refractivity contribution >= 4 is 17.0 Å². The fourth-order valence-electron chi connectivity index (χ4n) is 3.29. The van der Waals surface area contributed by atoms with Gasteiger partial charge in [-0.05, 0) is 28.9 Å². The van der Waals surface area contributed by atoms with Crippen molar-refractivity contribution < 1.29 is 9.90 Å². The summed E-state index contributed by atoms with van der Waals surface area (Å²) in [4.78, 5) is 11.4. The normalized spacial score (nSPS) is 20.2. The van der Waals surface area contributed by atoms with E-state index in [9.17, 15) is 9.90 Å². The first-order valence-corrected chi connectivity index (χ1v) is 6.82. The molecule has 0 aliphatic heterocycles. The summed E-state index contributed by atoms with van der Waals surface area (Å²) in [5, 5.41) is 17.6. The lowest BCUT2D eigenvalue weighted by molar-refractivity contribution is 0.0698. The number of fused-ring (bicyclic) bond motifs is 1. The lowest BCUT2D eigenvalue weighted by atomic mass is 10.0. The van der Waals surface area contributed by atoms with Gasteiger partial charge >= 0.3 is 5.97 Å². The number of carbonyl (C=O) groups is 1. The van der Waals surface area contributed by atoms with Crippen LogP contribution in [0.15, 0.2) is 18.2 Å². The molecule has 0 spiro atoms. The summed E-state index contributed by atoms with van der Waals surface area (Å²) in [6.45, 7) is 9.69. The van der Waals surface area contributed by atoms with Crippen LogP contribution in [0.4, 0.5) is 0 Å². The van der Waals surface area contributed by atoms with Crippen LogP contribution < -0.4 is 0 Å². The average molecular weight is 273 g/mol. The van der Waals surface area contributed by atoms with Gasteiger partial charge in [0, 0.05) is 6.54 Å². The van der Waals surface area contributed by atoms with Gasteiger partial charge in [-0.25, -0.2) is 9.48 Å². The highest BCUT2D eigenvalue weighted by atomic mass is 16.4. The minimum Gasteiger partial charge on any atom is -0.478 e. The molecule has 1 aromatic carbocycles. The lowest BCUT2D eigenvalue weighted by Gasteiger charge is -2.05. The first-order valence-electron chi connectivity index (χ1n) is 6.82. The number of carboxylic acids is 1. The number of carboxylic acid groups (broad SMARTS) is 1. The van der Waals surface area contributed by atoms with Crippen molar-refractivity contribution in [3.8, 4) is 0 Å². The molecule has 1 saturated carbocycles. The third-order valence-corrected chi connectivity index (χ3v) is 5.44. The van der Waals surface area contributed by atoms with Crippen LogP contribution in [0.3, 0.4) is 0 Å². The Balaban J connectivity index is 2.04. The molecule has 0 unspecified atom stereocenters. The molecular weight excluding hydrogens is 254 g/mol. The van der Waals surface area contributed by atoms with E-state index >= 15 is 0 Å². The summed E-state index contributed by atoms with van der Waals surface area (Å²) in [5.41, 5.74) is 2.01. The van der Waals surface area contributed by atoms with Gasteiger partial charge in [-0.2, -0.15) is 0 Å². The first kappa shape index (κ1) is 13.1. The number of para-hydroxylation sites is 1. The predicted molar refractivity (Wildman–Crippen MR) is 75.5 cm³/mol. The summed E-state index contributed by atoms with van der Waals surface area (Å²) < 4.78 is 1.75. The molecule has 1 aromatic heterocycles. The maximum atomic E-state index is 11.4. The van der Waals surface area contributed by atoms with Crippen LogP contribution in [-0.4, -0.2) is 26.1 Å². The van der Waals surface area contributed by atoms with Gasteiger partial charge in [-0.1, -0.05) is 39.0 Å². The average Bonchev–Trinajstić information content (AvgIpc) is 2.69. The largest absolute Gasteiger partial charge is 0.478 e. The Labute approximate surface area is 117 Å². The molecule has 3 rings (SSSR count). The molecule has 0 saturated heterocycles. The zero-order valence-corrected chi connectivity index (χ0v) is 12.2. The van der Waals surface area contributed by atoms with Gasteiger partial charge in [0.2, 0.25) is 0 Å². The van der Waals surface area contributed by atoms with Crippen LogP contribution >= 0.6 is 0 Å². The molecule has 1 aliphatic carbocycles. The highest BCUT2D eigenvalue weighted by Gasteiger charge is 2.64. The topological polar surface area (TPSA) is 68.0 Å².